The standard InChI is InChI=1S/C13H20N4O4S2/c1-8-15-16-13(22-8)5-17-3-9-10(14-12(18)6-21-2)7-23(19,20)11(9)4-17/h9-11H,3-7H2,1-2H3,(H,14,18)/t9-,10+,11-/m0/s1. The van der Waals surface area contributed by atoms with Gasteiger partial charge in [-0.2, -0.15) is 0 Å². The Morgan fingerprint density at radius 2 is 2.22 bits per heavy atom. The molecule has 1 aromatic heterocycles. The van der Waals surface area contributed by atoms with E-state index in [0.29, 0.717) is 19.6 Å². The molecule has 1 aromatic rings. The van der Waals surface area contributed by atoms with E-state index < -0.39 is 15.1 Å². The normalized spacial score (nSPS) is 29.6. The summed E-state index contributed by atoms with van der Waals surface area (Å²) in [6.07, 6.45) is 0. The van der Waals surface area contributed by atoms with Crippen LogP contribution in [0.2, 0.25) is 0 Å². The van der Waals surface area contributed by atoms with E-state index in [-0.39, 0.29) is 30.2 Å². The zero-order valence-electron chi connectivity index (χ0n) is 13.1. The fourth-order valence-corrected chi connectivity index (χ4v) is 6.47. The zero-order chi connectivity index (χ0) is 16.6. The number of ether oxygens (including phenoxy) is 1. The first-order valence-electron chi connectivity index (χ1n) is 7.40. The second-order valence-corrected chi connectivity index (χ2v) is 9.58. The van der Waals surface area contributed by atoms with Gasteiger partial charge in [0.15, 0.2) is 9.84 Å². The number of aromatic nitrogens is 2. The average molecular weight is 360 g/mol. The number of methoxy groups -OCH3 is 1. The molecule has 0 radical (unpaired) electrons. The largest absolute Gasteiger partial charge is 0.375 e. The third kappa shape index (κ3) is 3.54. The lowest BCUT2D eigenvalue weighted by molar-refractivity contribution is -0.125. The second-order valence-electron chi connectivity index (χ2n) is 6.05. The number of amides is 1. The molecule has 3 heterocycles. The number of nitrogens with one attached hydrogen (secondary N) is 1. The Hall–Kier alpha value is -1.10. The minimum absolute atomic E-state index is 0.0174. The summed E-state index contributed by atoms with van der Waals surface area (Å²) < 4.78 is 29.5. The van der Waals surface area contributed by atoms with E-state index in [2.05, 4.69) is 20.4 Å². The van der Waals surface area contributed by atoms with E-state index in [9.17, 15) is 13.2 Å². The molecule has 2 saturated heterocycles. The molecule has 128 valence electrons. The van der Waals surface area contributed by atoms with Crippen molar-refractivity contribution in [1.82, 2.24) is 20.4 Å². The smallest absolute Gasteiger partial charge is 0.246 e. The van der Waals surface area contributed by atoms with Crippen LogP contribution in [0.25, 0.3) is 0 Å². The van der Waals surface area contributed by atoms with Crippen LogP contribution in [0.5, 0.6) is 0 Å². The van der Waals surface area contributed by atoms with Gasteiger partial charge in [-0.3, -0.25) is 9.69 Å². The maximum absolute atomic E-state index is 12.4. The summed E-state index contributed by atoms with van der Waals surface area (Å²) in [5.41, 5.74) is 0. The van der Waals surface area contributed by atoms with Crippen molar-refractivity contribution in [3.63, 3.8) is 0 Å². The Kier molecular flexibility index (Phi) is 4.68. The maximum atomic E-state index is 12.4. The van der Waals surface area contributed by atoms with Crippen molar-refractivity contribution >= 4 is 27.1 Å². The molecule has 0 spiro atoms. The molecule has 23 heavy (non-hydrogen) atoms. The zero-order valence-corrected chi connectivity index (χ0v) is 14.7. The predicted octanol–water partition coefficient (Wildman–Crippen LogP) is -0.793. The van der Waals surface area contributed by atoms with Crippen molar-refractivity contribution in [2.45, 2.75) is 24.8 Å². The van der Waals surface area contributed by atoms with E-state index >= 15 is 0 Å². The third-order valence-electron chi connectivity index (χ3n) is 4.32. The summed E-state index contributed by atoms with van der Waals surface area (Å²) in [5.74, 6) is -0.329. The highest BCUT2D eigenvalue weighted by Gasteiger charge is 2.52. The molecule has 0 unspecified atom stereocenters. The first-order chi connectivity index (χ1) is 10.9. The average Bonchev–Trinajstić information content (AvgIpc) is 3.10. The van der Waals surface area contributed by atoms with Gasteiger partial charge in [0.25, 0.3) is 0 Å². The van der Waals surface area contributed by atoms with Crippen LogP contribution >= 0.6 is 11.3 Å². The molecule has 3 rings (SSSR count). The summed E-state index contributed by atoms with van der Waals surface area (Å²) in [5, 5.41) is 12.3. The van der Waals surface area contributed by atoms with E-state index in [1.165, 1.54) is 18.4 Å². The van der Waals surface area contributed by atoms with Crippen molar-refractivity contribution < 1.29 is 17.9 Å². The van der Waals surface area contributed by atoms with Gasteiger partial charge in [-0.25, -0.2) is 8.42 Å². The Bertz CT molecular complexity index is 690. The maximum Gasteiger partial charge on any atom is 0.246 e. The van der Waals surface area contributed by atoms with Crippen LogP contribution in [0.15, 0.2) is 0 Å². The van der Waals surface area contributed by atoms with Gasteiger partial charge >= 0.3 is 0 Å². The van der Waals surface area contributed by atoms with Crippen LogP contribution in [-0.4, -0.2) is 73.3 Å². The van der Waals surface area contributed by atoms with Crippen LogP contribution in [0.1, 0.15) is 10.0 Å². The van der Waals surface area contributed by atoms with Crippen molar-refractivity contribution in [3.8, 4) is 0 Å². The molecule has 2 fully saturated rings. The number of hydrogen-bond acceptors (Lipinski definition) is 8. The molecule has 0 aliphatic carbocycles. The van der Waals surface area contributed by atoms with Crippen LogP contribution in [0.4, 0.5) is 0 Å². The van der Waals surface area contributed by atoms with Crippen LogP contribution in [-0.2, 0) is 25.9 Å². The lowest BCUT2D eigenvalue weighted by Gasteiger charge is -2.20. The molecule has 2 aliphatic rings. The van der Waals surface area contributed by atoms with E-state index in [4.69, 9.17) is 4.74 Å². The number of sulfone groups is 1. The summed E-state index contributed by atoms with van der Waals surface area (Å²) in [6, 6.07) is -0.339. The highest BCUT2D eigenvalue weighted by atomic mass is 32.2. The fourth-order valence-electron chi connectivity index (χ4n) is 3.39. The first-order valence-corrected chi connectivity index (χ1v) is 9.93. The summed E-state index contributed by atoms with van der Waals surface area (Å²) in [4.78, 5) is 13.8. The molecule has 8 nitrogen and oxygen atoms in total. The summed E-state index contributed by atoms with van der Waals surface area (Å²) in [6.45, 7) is 3.57. The number of carbonyl (C=O) groups excluding carboxylic acids is 1. The van der Waals surface area contributed by atoms with Gasteiger partial charge in [-0.15, -0.1) is 21.5 Å². The van der Waals surface area contributed by atoms with Gasteiger partial charge < -0.3 is 10.1 Å². The number of aryl methyl sites for hydroxylation is 1. The van der Waals surface area contributed by atoms with Gasteiger partial charge in [0, 0.05) is 32.2 Å². The van der Waals surface area contributed by atoms with E-state index in [0.717, 1.165) is 10.0 Å². The Labute approximate surface area is 139 Å². The second kappa shape index (κ2) is 6.42. The molecule has 2 aliphatic heterocycles. The highest BCUT2D eigenvalue weighted by molar-refractivity contribution is 7.92. The fraction of sp³-hybridized carbons (Fsp3) is 0.769. The SMILES string of the molecule is COCC(=O)N[C@@H]1CS(=O)(=O)[C@H]2CN(Cc3nnc(C)s3)C[C@@H]12. The van der Waals surface area contributed by atoms with Gasteiger partial charge in [0.2, 0.25) is 5.91 Å². The van der Waals surface area contributed by atoms with Crippen molar-refractivity contribution in [2.75, 3.05) is 32.6 Å². The number of carbonyl (C=O) groups is 1. The lowest BCUT2D eigenvalue weighted by Crippen LogP contribution is -2.43. The molecule has 1 amide bonds. The summed E-state index contributed by atoms with van der Waals surface area (Å²) >= 11 is 1.52. The van der Waals surface area contributed by atoms with Crippen LogP contribution in [0.3, 0.4) is 0 Å². The number of rotatable bonds is 5. The van der Waals surface area contributed by atoms with Crippen molar-refractivity contribution in [1.29, 1.82) is 0 Å². The molecular formula is C13H20N4O4S2. The number of hydrogen-bond donors (Lipinski definition) is 1. The number of likely N-dealkylation sites (tertiary alicyclic amines) is 1. The topological polar surface area (TPSA) is 101 Å². The monoisotopic (exact) mass is 360 g/mol. The number of fused-ring (bicyclic) bond motifs is 1. The van der Waals surface area contributed by atoms with Crippen LogP contribution < -0.4 is 5.32 Å². The Balaban J connectivity index is 1.68. The highest BCUT2D eigenvalue weighted by Crippen LogP contribution is 2.34. The van der Waals surface area contributed by atoms with Gasteiger partial charge in [-0.05, 0) is 6.92 Å². The van der Waals surface area contributed by atoms with Crippen molar-refractivity contribution in [2.24, 2.45) is 5.92 Å². The molecule has 1 N–H and O–H groups in total. The molecule has 0 saturated carbocycles. The van der Waals surface area contributed by atoms with Gasteiger partial charge in [-0.1, -0.05) is 0 Å². The first kappa shape index (κ1) is 16.7. The van der Waals surface area contributed by atoms with Crippen LogP contribution in [0, 0.1) is 12.8 Å². The molecule has 10 heteroatoms. The Morgan fingerprint density at radius 1 is 1.43 bits per heavy atom. The van der Waals surface area contributed by atoms with E-state index in [1.807, 2.05) is 6.92 Å². The third-order valence-corrected chi connectivity index (χ3v) is 7.39. The Morgan fingerprint density at radius 3 is 2.87 bits per heavy atom. The van der Waals surface area contributed by atoms with Gasteiger partial charge in [0.1, 0.15) is 16.6 Å². The summed E-state index contributed by atoms with van der Waals surface area (Å²) in [7, 11) is -1.74. The predicted molar refractivity (Wildman–Crippen MR) is 84.8 cm³/mol. The van der Waals surface area contributed by atoms with E-state index in [1.54, 1.807) is 0 Å². The van der Waals surface area contributed by atoms with Gasteiger partial charge in [0.05, 0.1) is 17.5 Å². The molecular weight excluding hydrogens is 340 g/mol. The quantitative estimate of drug-likeness (QED) is 0.734. The minimum Gasteiger partial charge on any atom is -0.375 e. The molecule has 0 aromatic carbocycles. The number of nitrogens with zero attached hydrogens (tertiary/aromatic N) is 3. The van der Waals surface area contributed by atoms with Crippen molar-refractivity contribution in [3.05, 3.63) is 10.0 Å². The minimum atomic E-state index is -3.18. The molecule has 3 atom stereocenters. The lowest BCUT2D eigenvalue weighted by atomic mass is 10.0. The molecule has 0 bridgehead atoms.